The van der Waals surface area contributed by atoms with Gasteiger partial charge < -0.3 is 4.42 Å². The Labute approximate surface area is 108 Å². The van der Waals surface area contributed by atoms with Crippen LogP contribution in [0, 0.1) is 6.92 Å². The first-order chi connectivity index (χ1) is 8.70. The number of furan rings is 1. The van der Waals surface area contributed by atoms with Crippen LogP contribution in [0.2, 0.25) is 0 Å². The average molecular weight is 264 g/mol. The molecule has 0 aliphatic heterocycles. The molecule has 2 aromatic rings. The van der Waals surface area contributed by atoms with Gasteiger partial charge in [0, 0.05) is 23.7 Å². The summed E-state index contributed by atoms with van der Waals surface area (Å²) in [5, 5.41) is 0.822. The molecular formula is C11H12N4O2S. The molecule has 18 heavy (non-hydrogen) atoms. The van der Waals surface area contributed by atoms with Crippen LogP contribution in [0.25, 0.3) is 0 Å². The topological polar surface area (TPSA) is 94.0 Å². The molecule has 0 spiro atoms. The predicted molar refractivity (Wildman–Crippen MR) is 66.7 cm³/mol. The van der Waals surface area contributed by atoms with Crippen molar-refractivity contribution >= 4 is 17.7 Å². The minimum atomic E-state index is -0.436. The van der Waals surface area contributed by atoms with Crippen LogP contribution in [-0.2, 0) is 5.75 Å². The van der Waals surface area contributed by atoms with Gasteiger partial charge in [0.2, 0.25) is 0 Å². The van der Waals surface area contributed by atoms with Crippen molar-refractivity contribution < 1.29 is 9.21 Å². The highest BCUT2D eigenvalue weighted by Crippen LogP contribution is 2.24. The fraction of sp³-hybridized carbons (Fsp3) is 0.182. The van der Waals surface area contributed by atoms with E-state index in [1.54, 1.807) is 31.6 Å². The van der Waals surface area contributed by atoms with Crippen molar-refractivity contribution in [2.24, 2.45) is 5.84 Å². The Morgan fingerprint density at radius 3 is 3.06 bits per heavy atom. The number of rotatable bonds is 4. The van der Waals surface area contributed by atoms with Crippen molar-refractivity contribution in [3.8, 4) is 0 Å². The predicted octanol–water partition coefficient (Wildman–Crippen LogP) is 1.27. The molecule has 0 saturated heterocycles. The van der Waals surface area contributed by atoms with Crippen molar-refractivity contribution in [1.29, 1.82) is 0 Å². The molecule has 2 heterocycles. The summed E-state index contributed by atoms with van der Waals surface area (Å²) in [7, 11) is 0. The number of nitrogens with two attached hydrogens (primary N) is 1. The van der Waals surface area contributed by atoms with E-state index < -0.39 is 5.91 Å². The molecule has 3 N–H and O–H groups in total. The van der Waals surface area contributed by atoms with Crippen LogP contribution < -0.4 is 11.3 Å². The second-order valence-electron chi connectivity index (χ2n) is 3.50. The number of hydrogen-bond acceptors (Lipinski definition) is 6. The second-order valence-corrected chi connectivity index (χ2v) is 4.49. The molecule has 7 heteroatoms. The molecule has 0 aromatic carbocycles. The lowest BCUT2D eigenvalue weighted by molar-refractivity contribution is 0.0924. The number of hydrazine groups is 1. The van der Waals surface area contributed by atoms with Crippen molar-refractivity contribution in [2.45, 2.75) is 17.7 Å². The Hall–Kier alpha value is -1.86. The number of aryl methyl sites for hydroxylation is 1. The zero-order valence-electron chi connectivity index (χ0n) is 9.71. The van der Waals surface area contributed by atoms with Crippen LogP contribution in [0.4, 0.5) is 0 Å². The largest absolute Gasteiger partial charge is 0.456 e. The number of hydrogen-bond donors (Lipinski definition) is 2. The Kier molecular flexibility index (Phi) is 3.96. The number of nitrogens with zero attached hydrogens (tertiary/aromatic N) is 2. The van der Waals surface area contributed by atoms with Gasteiger partial charge in [-0.15, -0.1) is 0 Å². The van der Waals surface area contributed by atoms with Gasteiger partial charge in [-0.1, -0.05) is 11.8 Å². The third-order valence-electron chi connectivity index (χ3n) is 2.29. The number of nitrogen functional groups attached to an aromatic ring is 1. The summed E-state index contributed by atoms with van der Waals surface area (Å²) >= 11 is 1.52. The lowest BCUT2D eigenvalue weighted by atomic mass is 10.3. The smallest absolute Gasteiger partial charge is 0.300 e. The van der Waals surface area contributed by atoms with E-state index in [1.807, 2.05) is 5.43 Å². The quantitative estimate of drug-likeness (QED) is 0.374. The number of nitrogens with one attached hydrogen (secondary N) is 1. The van der Waals surface area contributed by atoms with Gasteiger partial charge in [0.25, 0.3) is 0 Å². The van der Waals surface area contributed by atoms with Crippen molar-refractivity contribution in [3.63, 3.8) is 0 Å². The summed E-state index contributed by atoms with van der Waals surface area (Å²) in [6, 6.07) is 1.68. The molecule has 94 valence electrons. The minimum absolute atomic E-state index is 0.213. The summed E-state index contributed by atoms with van der Waals surface area (Å²) in [5.41, 5.74) is 2.97. The molecule has 1 amide bonds. The molecule has 0 aliphatic carbocycles. The van der Waals surface area contributed by atoms with Crippen LogP contribution in [0.3, 0.4) is 0 Å². The third-order valence-corrected chi connectivity index (χ3v) is 3.25. The van der Waals surface area contributed by atoms with E-state index in [0.29, 0.717) is 11.5 Å². The van der Waals surface area contributed by atoms with Gasteiger partial charge in [0.1, 0.15) is 10.8 Å². The number of carbonyl (C=O) groups excluding carboxylic acids is 1. The lowest BCUT2D eigenvalue weighted by Crippen LogP contribution is -2.29. The van der Waals surface area contributed by atoms with E-state index in [4.69, 9.17) is 10.3 Å². The highest BCUT2D eigenvalue weighted by Gasteiger charge is 2.13. The molecule has 6 nitrogen and oxygen atoms in total. The molecular weight excluding hydrogens is 252 g/mol. The molecule has 2 aromatic heterocycles. The Balaban J connectivity index is 2.06. The highest BCUT2D eigenvalue weighted by atomic mass is 32.2. The summed E-state index contributed by atoms with van der Waals surface area (Å²) in [6.07, 6.45) is 4.95. The standard InChI is InChI=1S/C11H12N4O2S/c1-7-8(4-9(17-7)11(16)15-12)6-18-10-5-13-2-3-14-10/h2-5H,6,12H2,1H3,(H,15,16). The van der Waals surface area contributed by atoms with Crippen molar-refractivity contribution in [3.05, 3.63) is 41.7 Å². The van der Waals surface area contributed by atoms with Crippen LogP contribution in [0.5, 0.6) is 0 Å². The average Bonchev–Trinajstić information content (AvgIpc) is 2.78. The number of aromatic nitrogens is 2. The lowest BCUT2D eigenvalue weighted by Gasteiger charge is -1.97. The van der Waals surface area contributed by atoms with E-state index in [0.717, 1.165) is 10.6 Å². The van der Waals surface area contributed by atoms with Gasteiger partial charge >= 0.3 is 5.91 Å². The van der Waals surface area contributed by atoms with Gasteiger partial charge in [-0.05, 0) is 13.0 Å². The number of thioether (sulfide) groups is 1. The second kappa shape index (κ2) is 5.65. The first-order valence-electron chi connectivity index (χ1n) is 5.19. The van der Waals surface area contributed by atoms with Crippen LogP contribution in [-0.4, -0.2) is 15.9 Å². The van der Waals surface area contributed by atoms with Gasteiger partial charge in [0.05, 0.1) is 6.20 Å². The summed E-state index contributed by atoms with van der Waals surface area (Å²) in [5.74, 6) is 6.18. The zero-order valence-corrected chi connectivity index (χ0v) is 10.5. The maximum absolute atomic E-state index is 11.3. The van der Waals surface area contributed by atoms with Gasteiger partial charge in [-0.25, -0.2) is 10.8 Å². The first-order valence-corrected chi connectivity index (χ1v) is 6.18. The van der Waals surface area contributed by atoms with Crippen LogP contribution in [0.15, 0.2) is 34.1 Å². The zero-order chi connectivity index (χ0) is 13.0. The molecule has 0 radical (unpaired) electrons. The molecule has 0 bridgehead atoms. The van der Waals surface area contributed by atoms with E-state index in [2.05, 4.69) is 9.97 Å². The number of amides is 1. The van der Waals surface area contributed by atoms with Crippen LogP contribution in [0.1, 0.15) is 21.9 Å². The molecule has 0 saturated carbocycles. The maximum atomic E-state index is 11.3. The maximum Gasteiger partial charge on any atom is 0.300 e. The first kappa shape index (κ1) is 12.6. The molecule has 2 rings (SSSR count). The molecule has 0 unspecified atom stereocenters. The third kappa shape index (κ3) is 2.88. The highest BCUT2D eigenvalue weighted by molar-refractivity contribution is 7.98. The van der Waals surface area contributed by atoms with Crippen LogP contribution >= 0.6 is 11.8 Å². The Morgan fingerprint density at radius 2 is 2.39 bits per heavy atom. The van der Waals surface area contributed by atoms with Crippen molar-refractivity contribution in [1.82, 2.24) is 15.4 Å². The number of carbonyl (C=O) groups is 1. The molecule has 0 atom stereocenters. The Morgan fingerprint density at radius 1 is 1.56 bits per heavy atom. The SMILES string of the molecule is Cc1oc(C(=O)NN)cc1CSc1cnccn1. The molecule has 0 fully saturated rings. The summed E-state index contributed by atoms with van der Waals surface area (Å²) in [6.45, 7) is 1.81. The van der Waals surface area contributed by atoms with E-state index in [9.17, 15) is 4.79 Å². The van der Waals surface area contributed by atoms with Gasteiger partial charge in [-0.3, -0.25) is 15.2 Å². The van der Waals surface area contributed by atoms with Crippen molar-refractivity contribution in [2.75, 3.05) is 0 Å². The van der Waals surface area contributed by atoms with E-state index >= 15 is 0 Å². The summed E-state index contributed by atoms with van der Waals surface area (Å²) in [4.78, 5) is 19.4. The minimum Gasteiger partial charge on any atom is -0.456 e. The van der Waals surface area contributed by atoms with Gasteiger partial charge in [0.15, 0.2) is 5.76 Å². The fourth-order valence-electron chi connectivity index (χ4n) is 1.36. The van der Waals surface area contributed by atoms with E-state index in [1.165, 1.54) is 11.8 Å². The normalized spacial score (nSPS) is 10.3. The van der Waals surface area contributed by atoms with E-state index in [-0.39, 0.29) is 5.76 Å². The fourth-order valence-corrected chi connectivity index (χ4v) is 2.22. The monoisotopic (exact) mass is 264 g/mol. The molecule has 0 aliphatic rings. The Bertz CT molecular complexity index is 541. The van der Waals surface area contributed by atoms with Gasteiger partial charge in [-0.2, -0.15) is 0 Å². The summed E-state index contributed by atoms with van der Waals surface area (Å²) < 4.78 is 5.31.